The fourth-order valence-corrected chi connectivity index (χ4v) is 4.71. The SMILES string of the molecule is C=CC1CCC(c2cc3c(c(F)c2F)-c2c(cc(CCCCC)c(F)c2F)C3)CO1. The van der Waals surface area contributed by atoms with Gasteiger partial charge in [-0.15, -0.1) is 6.58 Å². The first-order valence-corrected chi connectivity index (χ1v) is 10.7. The number of benzene rings is 2. The Morgan fingerprint density at radius 2 is 1.67 bits per heavy atom. The molecule has 0 N–H and O–H groups in total. The number of halogens is 4. The molecule has 160 valence electrons. The van der Waals surface area contributed by atoms with Crippen LogP contribution in [-0.2, 0) is 17.6 Å². The molecule has 0 spiro atoms. The molecular weight excluding hydrogens is 392 g/mol. The lowest BCUT2D eigenvalue weighted by Crippen LogP contribution is -2.24. The minimum atomic E-state index is -1.09. The van der Waals surface area contributed by atoms with E-state index in [-0.39, 0.29) is 41.7 Å². The summed E-state index contributed by atoms with van der Waals surface area (Å²) in [5.41, 5.74) is 1.33. The average molecular weight is 418 g/mol. The molecular formula is C25H26F4O. The predicted octanol–water partition coefficient (Wildman–Crippen LogP) is 7.00. The van der Waals surface area contributed by atoms with E-state index < -0.39 is 23.3 Å². The molecule has 2 aliphatic rings. The van der Waals surface area contributed by atoms with Crippen LogP contribution in [0.15, 0.2) is 24.8 Å². The topological polar surface area (TPSA) is 9.23 Å². The quantitative estimate of drug-likeness (QED) is 0.238. The molecule has 0 amide bonds. The number of fused-ring (bicyclic) bond motifs is 3. The van der Waals surface area contributed by atoms with Crippen LogP contribution in [-0.4, -0.2) is 12.7 Å². The third-order valence-electron chi connectivity index (χ3n) is 6.37. The van der Waals surface area contributed by atoms with Crippen molar-refractivity contribution in [3.05, 3.63) is 70.3 Å². The van der Waals surface area contributed by atoms with Crippen LogP contribution in [0.4, 0.5) is 17.6 Å². The molecule has 0 bridgehead atoms. The van der Waals surface area contributed by atoms with Gasteiger partial charge in [0.05, 0.1) is 12.7 Å². The highest BCUT2D eigenvalue weighted by Gasteiger charge is 2.34. The standard InChI is InChI=1S/C25H26F4O/c1-3-5-6-7-14-10-16-11-17-12-19(15-8-9-18(4-2)30-13-15)23(27)25(29)21(17)20(16)24(28)22(14)26/h4,10,12,15,18H,2-3,5-9,11,13H2,1H3. The van der Waals surface area contributed by atoms with Gasteiger partial charge in [-0.05, 0) is 54.4 Å². The zero-order chi connectivity index (χ0) is 21.4. The molecule has 0 aromatic heterocycles. The highest BCUT2D eigenvalue weighted by Crippen LogP contribution is 2.45. The lowest BCUT2D eigenvalue weighted by atomic mass is 9.88. The largest absolute Gasteiger partial charge is 0.374 e. The lowest BCUT2D eigenvalue weighted by molar-refractivity contribution is 0.0320. The number of hydrogen-bond donors (Lipinski definition) is 0. The van der Waals surface area contributed by atoms with E-state index >= 15 is 4.39 Å². The summed E-state index contributed by atoms with van der Waals surface area (Å²) in [5, 5.41) is 0. The maximum absolute atomic E-state index is 15.1. The molecule has 1 nitrogen and oxygen atoms in total. The molecule has 2 atom stereocenters. The van der Waals surface area contributed by atoms with Crippen LogP contribution >= 0.6 is 0 Å². The Labute approximate surface area is 174 Å². The molecule has 4 rings (SSSR count). The summed E-state index contributed by atoms with van der Waals surface area (Å²) in [6, 6.07) is 3.24. The van der Waals surface area contributed by atoms with Crippen molar-refractivity contribution in [2.75, 3.05) is 6.61 Å². The van der Waals surface area contributed by atoms with Crippen LogP contribution in [0.25, 0.3) is 11.1 Å². The Morgan fingerprint density at radius 3 is 2.30 bits per heavy atom. The number of rotatable bonds is 6. The Kier molecular flexibility index (Phi) is 6.01. The van der Waals surface area contributed by atoms with Gasteiger partial charge in [-0.25, -0.2) is 17.6 Å². The highest BCUT2D eigenvalue weighted by molar-refractivity contribution is 5.79. The van der Waals surface area contributed by atoms with E-state index in [1.54, 1.807) is 18.2 Å². The smallest absolute Gasteiger partial charge is 0.167 e. The maximum Gasteiger partial charge on any atom is 0.167 e. The highest BCUT2D eigenvalue weighted by atomic mass is 19.2. The fraction of sp³-hybridized carbons (Fsp3) is 0.440. The van der Waals surface area contributed by atoms with Crippen LogP contribution in [0.3, 0.4) is 0 Å². The van der Waals surface area contributed by atoms with Gasteiger partial charge in [0.1, 0.15) is 0 Å². The van der Waals surface area contributed by atoms with E-state index in [2.05, 4.69) is 6.58 Å². The summed E-state index contributed by atoms with van der Waals surface area (Å²) in [6.07, 6.45) is 6.36. The van der Waals surface area contributed by atoms with Crippen molar-refractivity contribution in [1.29, 1.82) is 0 Å². The minimum Gasteiger partial charge on any atom is -0.374 e. The third kappa shape index (κ3) is 3.58. The van der Waals surface area contributed by atoms with E-state index in [0.29, 0.717) is 36.0 Å². The second-order valence-corrected chi connectivity index (χ2v) is 8.34. The zero-order valence-electron chi connectivity index (χ0n) is 17.2. The second kappa shape index (κ2) is 8.54. The summed E-state index contributed by atoms with van der Waals surface area (Å²) in [4.78, 5) is 0. The monoisotopic (exact) mass is 418 g/mol. The predicted molar refractivity (Wildman–Crippen MR) is 110 cm³/mol. The summed E-state index contributed by atoms with van der Waals surface area (Å²) in [5.74, 6) is -4.37. The second-order valence-electron chi connectivity index (χ2n) is 8.34. The molecule has 1 fully saturated rings. The fourth-order valence-electron chi connectivity index (χ4n) is 4.71. The van der Waals surface area contributed by atoms with Gasteiger partial charge in [-0.3, -0.25) is 0 Å². The van der Waals surface area contributed by atoms with Gasteiger partial charge in [0, 0.05) is 17.0 Å². The number of aryl methyl sites for hydroxylation is 1. The van der Waals surface area contributed by atoms with Crippen molar-refractivity contribution < 1.29 is 22.3 Å². The number of hydrogen-bond acceptors (Lipinski definition) is 1. The summed E-state index contributed by atoms with van der Waals surface area (Å²) >= 11 is 0. The molecule has 2 aromatic rings. The van der Waals surface area contributed by atoms with Gasteiger partial charge in [0.15, 0.2) is 23.3 Å². The molecule has 0 saturated carbocycles. The van der Waals surface area contributed by atoms with Gasteiger partial charge in [0.25, 0.3) is 0 Å². The van der Waals surface area contributed by atoms with E-state index in [1.807, 2.05) is 6.92 Å². The maximum atomic E-state index is 15.1. The summed E-state index contributed by atoms with van der Waals surface area (Å²) < 4.78 is 65.2. The molecule has 2 unspecified atom stereocenters. The van der Waals surface area contributed by atoms with Crippen molar-refractivity contribution >= 4 is 0 Å². The molecule has 2 aromatic carbocycles. The summed E-state index contributed by atoms with van der Waals surface area (Å²) in [7, 11) is 0. The van der Waals surface area contributed by atoms with Crippen molar-refractivity contribution in [2.45, 2.75) is 63.9 Å². The molecule has 5 heteroatoms. The van der Waals surface area contributed by atoms with E-state index in [9.17, 15) is 13.2 Å². The van der Waals surface area contributed by atoms with Crippen LogP contribution in [0.2, 0.25) is 0 Å². The van der Waals surface area contributed by atoms with Crippen LogP contribution in [0, 0.1) is 23.3 Å². The zero-order valence-corrected chi connectivity index (χ0v) is 17.2. The van der Waals surface area contributed by atoms with Crippen LogP contribution in [0.5, 0.6) is 0 Å². The lowest BCUT2D eigenvalue weighted by Gasteiger charge is -2.28. The first-order chi connectivity index (χ1) is 14.5. The van der Waals surface area contributed by atoms with E-state index in [0.717, 1.165) is 19.3 Å². The molecule has 1 aliphatic carbocycles. The Morgan fingerprint density at radius 1 is 0.967 bits per heavy atom. The Bertz CT molecular complexity index is 974. The molecule has 1 aliphatic heterocycles. The average Bonchev–Trinajstić information content (AvgIpc) is 3.13. The van der Waals surface area contributed by atoms with Crippen LogP contribution in [0.1, 0.15) is 67.2 Å². The number of unbranched alkanes of at least 4 members (excludes halogenated alkanes) is 2. The van der Waals surface area contributed by atoms with Crippen LogP contribution < -0.4 is 0 Å². The normalized spacial score (nSPS) is 20.2. The van der Waals surface area contributed by atoms with Gasteiger partial charge >= 0.3 is 0 Å². The Balaban J connectivity index is 1.70. The molecule has 1 saturated heterocycles. The Hall–Kier alpha value is -2.14. The van der Waals surface area contributed by atoms with Gasteiger partial charge < -0.3 is 4.74 Å². The van der Waals surface area contributed by atoms with E-state index in [1.165, 1.54) is 0 Å². The minimum absolute atomic E-state index is 0.0731. The van der Waals surface area contributed by atoms with Gasteiger partial charge in [0.2, 0.25) is 0 Å². The van der Waals surface area contributed by atoms with Gasteiger partial charge in [-0.2, -0.15) is 0 Å². The first-order valence-electron chi connectivity index (χ1n) is 10.7. The third-order valence-corrected chi connectivity index (χ3v) is 6.37. The van der Waals surface area contributed by atoms with Crippen molar-refractivity contribution in [2.24, 2.45) is 0 Å². The summed E-state index contributed by atoms with van der Waals surface area (Å²) in [6.45, 7) is 6.03. The van der Waals surface area contributed by atoms with Crippen molar-refractivity contribution in [3.63, 3.8) is 0 Å². The molecule has 30 heavy (non-hydrogen) atoms. The van der Waals surface area contributed by atoms with Gasteiger partial charge in [-0.1, -0.05) is 38.0 Å². The first kappa shape index (κ1) is 21.1. The molecule has 0 radical (unpaired) electrons. The van der Waals surface area contributed by atoms with Crippen molar-refractivity contribution in [3.8, 4) is 11.1 Å². The molecule has 1 heterocycles. The number of ether oxygens (including phenoxy) is 1. The van der Waals surface area contributed by atoms with E-state index in [4.69, 9.17) is 4.74 Å². The van der Waals surface area contributed by atoms with Crippen molar-refractivity contribution in [1.82, 2.24) is 0 Å².